The number of aliphatic hydroxyl groups excluding tert-OH is 1. The van der Waals surface area contributed by atoms with Crippen LogP contribution in [0.25, 0.3) is 16.7 Å². The van der Waals surface area contributed by atoms with E-state index < -0.39 is 5.78 Å². The minimum Gasteiger partial charge on any atom is -0.507 e. The molecule has 4 rings (SSSR count). The molecule has 0 unspecified atom stereocenters. The van der Waals surface area contributed by atoms with Crippen molar-refractivity contribution in [3.8, 4) is 0 Å². The lowest BCUT2D eigenvalue weighted by atomic mass is 10.1. The number of allylic oxidation sites excluding steroid dienone is 1. The largest absolute Gasteiger partial charge is 0.507 e. The molecule has 3 aromatic rings. The molecule has 27 heavy (non-hydrogen) atoms. The number of aromatic nitrogens is 5. The number of H-pyrrole nitrogens is 2. The SMILES string of the molecule is O=C(/C=C(\O)c1c(CN2CCOCC2)[nH]c2ccc(Cl)cc12)c1nn[nH]n1. The van der Waals surface area contributed by atoms with Crippen molar-refractivity contribution in [2.24, 2.45) is 0 Å². The van der Waals surface area contributed by atoms with E-state index in [4.69, 9.17) is 16.3 Å². The average Bonchev–Trinajstić information content (AvgIpc) is 3.30. The molecule has 0 bridgehead atoms. The second kappa shape index (κ2) is 7.47. The van der Waals surface area contributed by atoms with Crippen molar-refractivity contribution in [3.05, 3.63) is 46.4 Å². The summed E-state index contributed by atoms with van der Waals surface area (Å²) in [5, 5.41) is 24.9. The second-order valence-corrected chi connectivity index (χ2v) is 6.62. The van der Waals surface area contributed by atoms with Crippen LogP contribution in [-0.4, -0.2) is 67.7 Å². The summed E-state index contributed by atoms with van der Waals surface area (Å²) in [4.78, 5) is 17.8. The highest BCUT2D eigenvalue weighted by atomic mass is 35.5. The third-order valence-corrected chi connectivity index (χ3v) is 4.65. The van der Waals surface area contributed by atoms with Gasteiger partial charge in [-0.15, -0.1) is 10.2 Å². The number of rotatable bonds is 5. The first-order valence-corrected chi connectivity index (χ1v) is 8.78. The zero-order valence-electron chi connectivity index (χ0n) is 14.3. The lowest BCUT2D eigenvalue weighted by molar-refractivity contribution is 0.0337. The molecular formula is C17H17ClN6O3. The fraction of sp³-hybridized carbons (Fsp3) is 0.294. The van der Waals surface area contributed by atoms with Crippen LogP contribution in [0.1, 0.15) is 21.9 Å². The van der Waals surface area contributed by atoms with Crippen molar-refractivity contribution in [1.29, 1.82) is 0 Å². The van der Waals surface area contributed by atoms with Crippen molar-refractivity contribution in [1.82, 2.24) is 30.5 Å². The van der Waals surface area contributed by atoms with E-state index in [2.05, 4.69) is 30.5 Å². The molecule has 0 amide bonds. The number of hydrogen-bond donors (Lipinski definition) is 3. The van der Waals surface area contributed by atoms with Crippen LogP contribution in [0.15, 0.2) is 24.3 Å². The summed E-state index contributed by atoms with van der Waals surface area (Å²) in [5.41, 5.74) is 2.16. The van der Waals surface area contributed by atoms with Crippen molar-refractivity contribution in [2.45, 2.75) is 6.54 Å². The molecule has 2 aromatic heterocycles. The van der Waals surface area contributed by atoms with Gasteiger partial charge in [0.1, 0.15) is 5.76 Å². The number of aromatic amines is 2. The molecular weight excluding hydrogens is 372 g/mol. The zero-order valence-corrected chi connectivity index (χ0v) is 15.0. The summed E-state index contributed by atoms with van der Waals surface area (Å²) in [7, 11) is 0. The number of morpholine rings is 1. The fourth-order valence-electron chi connectivity index (χ4n) is 3.14. The summed E-state index contributed by atoms with van der Waals surface area (Å²) >= 11 is 6.14. The lowest BCUT2D eigenvalue weighted by Crippen LogP contribution is -2.35. The van der Waals surface area contributed by atoms with Gasteiger partial charge in [0.15, 0.2) is 0 Å². The Morgan fingerprint density at radius 1 is 1.37 bits per heavy atom. The smallest absolute Gasteiger partial charge is 0.244 e. The van der Waals surface area contributed by atoms with Crippen LogP contribution >= 0.6 is 11.6 Å². The molecule has 3 heterocycles. The maximum Gasteiger partial charge on any atom is 0.244 e. The number of benzene rings is 1. The molecule has 1 saturated heterocycles. The fourth-order valence-corrected chi connectivity index (χ4v) is 3.31. The predicted molar refractivity (Wildman–Crippen MR) is 98.5 cm³/mol. The van der Waals surface area contributed by atoms with Crippen LogP contribution in [0, 0.1) is 0 Å². The summed E-state index contributed by atoms with van der Waals surface area (Å²) in [6.07, 6.45) is 1.09. The maximum atomic E-state index is 12.2. The number of carbonyl (C=O) groups is 1. The Morgan fingerprint density at radius 3 is 2.93 bits per heavy atom. The highest BCUT2D eigenvalue weighted by Gasteiger charge is 2.21. The maximum absolute atomic E-state index is 12.2. The number of nitrogens with one attached hydrogen (secondary N) is 2. The molecule has 3 N–H and O–H groups in total. The minimum atomic E-state index is -0.546. The van der Waals surface area contributed by atoms with Crippen LogP contribution in [0.3, 0.4) is 0 Å². The van der Waals surface area contributed by atoms with Gasteiger partial charge in [-0.25, -0.2) is 0 Å². The Kier molecular flexibility index (Phi) is 4.88. The molecule has 0 radical (unpaired) electrons. The first-order valence-electron chi connectivity index (χ1n) is 8.41. The minimum absolute atomic E-state index is 0.117. The van der Waals surface area contributed by atoms with Gasteiger partial charge in [0.2, 0.25) is 11.6 Å². The second-order valence-electron chi connectivity index (χ2n) is 6.19. The Morgan fingerprint density at radius 2 is 2.19 bits per heavy atom. The van der Waals surface area contributed by atoms with Crippen LogP contribution < -0.4 is 0 Å². The van der Waals surface area contributed by atoms with E-state index in [1.54, 1.807) is 12.1 Å². The highest BCUT2D eigenvalue weighted by Crippen LogP contribution is 2.31. The van der Waals surface area contributed by atoms with Crippen molar-refractivity contribution >= 4 is 34.0 Å². The van der Waals surface area contributed by atoms with Crippen molar-refractivity contribution in [3.63, 3.8) is 0 Å². The predicted octanol–water partition coefficient (Wildman–Crippen LogP) is 1.95. The molecule has 140 valence electrons. The number of halogens is 1. The zero-order chi connectivity index (χ0) is 18.8. The lowest BCUT2D eigenvalue weighted by Gasteiger charge is -2.26. The Balaban J connectivity index is 1.75. The van der Waals surface area contributed by atoms with Gasteiger partial charge >= 0.3 is 0 Å². The summed E-state index contributed by atoms with van der Waals surface area (Å²) in [6, 6.07) is 5.38. The van der Waals surface area contributed by atoms with Gasteiger partial charge in [0.05, 0.1) is 13.2 Å². The Hall–Kier alpha value is -2.75. The van der Waals surface area contributed by atoms with Crippen molar-refractivity contribution < 1.29 is 14.6 Å². The number of nitrogens with zero attached hydrogens (tertiary/aromatic N) is 4. The van der Waals surface area contributed by atoms with Gasteiger partial charge < -0.3 is 14.8 Å². The van der Waals surface area contributed by atoms with Gasteiger partial charge in [0.25, 0.3) is 0 Å². The molecule has 0 atom stereocenters. The first-order chi connectivity index (χ1) is 13.1. The van der Waals surface area contributed by atoms with E-state index in [1.807, 2.05) is 6.07 Å². The van der Waals surface area contributed by atoms with Gasteiger partial charge in [-0.1, -0.05) is 11.6 Å². The average molecular weight is 389 g/mol. The third kappa shape index (κ3) is 3.70. The van der Waals surface area contributed by atoms with E-state index in [0.717, 1.165) is 35.8 Å². The quantitative estimate of drug-likeness (QED) is 0.347. The number of carbonyl (C=O) groups excluding carboxylic acids is 1. The van der Waals surface area contributed by atoms with Crippen LogP contribution in [-0.2, 0) is 11.3 Å². The molecule has 1 fully saturated rings. The van der Waals surface area contributed by atoms with E-state index in [0.29, 0.717) is 30.3 Å². The molecule has 1 aromatic carbocycles. The topological polar surface area (TPSA) is 120 Å². The molecule has 9 nitrogen and oxygen atoms in total. The number of hydrogen-bond acceptors (Lipinski definition) is 7. The monoisotopic (exact) mass is 388 g/mol. The van der Waals surface area contributed by atoms with Crippen LogP contribution in [0.4, 0.5) is 0 Å². The Bertz CT molecular complexity index is 992. The van der Waals surface area contributed by atoms with E-state index in [9.17, 15) is 9.90 Å². The number of aliphatic hydroxyl groups is 1. The number of tetrazole rings is 1. The summed E-state index contributed by atoms with van der Waals surface area (Å²) in [6.45, 7) is 3.50. The number of ether oxygens (including phenoxy) is 1. The van der Waals surface area contributed by atoms with Gasteiger partial charge in [0, 0.05) is 52.9 Å². The van der Waals surface area contributed by atoms with Crippen LogP contribution in [0.2, 0.25) is 5.02 Å². The van der Waals surface area contributed by atoms with E-state index in [1.165, 1.54) is 0 Å². The molecule has 10 heteroatoms. The van der Waals surface area contributed by atoms with Gasteiger partial charge in [-0.2, -0.15) is 5.21 Å². The normalized spacial score (nSPS) is 16.1. The van der Waals surface area contributed by atoms with E-state index in [-0.39, 0.29) is 11.6 Å². The summed E-state index contributed by atoms with van der Waals surface area (Å²) in [5.74, 6) is -0.842. The molecule has 1 aliphatic heterocycles. The van der Waals surface area contributed by atoms with Gasteiger partial charge in [-0.3, -0.25) is 9.69 Å². The summed E-state index contributed by atoms with van der Waals surface area (Å²) < 4.78 is 5.39. The van der Waals surface area contributed by atoms with Crippen LogP contribution in [0.5, 0.6) is 0 Å². The number of ketones is 1. The standard InChI is InChI=1S/C17H17ClN6O3/c18-10-1-2-12-11(7-10)16(13(19-12)9-24-3-5-27-6-4-24)14(25)8-15(26)17-20-22-23-21-17/h1-2,7-8,19,25H,3-6,9H2,(H,20,21,22,23)/b14-8-. The molecule has 0 saturated carbocycles. The Labute approximate surface area is 159 Å². The van der Waals surface area contributed by atoms with Crippen molar-refractivity contribution in [2.75, 3.05) is 26.3 Å². The highest BCUT2D eigenvalue weighted by molar-refractivity contribution is 6.31. The molecule has 1 aliphatic rings. The third-order valence-electron chi connectivity index (χ3n) is 4.41. The first kappa shape index (κ1) is 17.7. The van der Waals surface area contributed by atoms with E-state index >= 15 is 0 Å². The molecule has 0 spiro atoms. The van der Waals surface area contributed by atoms with Gasteiger partial charge in [-0.05, 0) is 23.4 Å². The molecule has 0 aliphatic carbocycles. The number of fused-ring (bicyclic) bond motifs is 1.